The summed E-state index contributed by atoms with van der Waals surface area (Å²) in [5.74, 6) is 0.483. The summed E-state index contributed by atoms with van der Waals surface area (Å²) in [4.78, 5) is 18.5. The molecule has 6 nitrogen and oxygen atoms in total. The topological polar surface area (TPSA) is 71.1 Å². The van der Waals surface area contributed by atoms with E-state index in [1.165, 1.54) is 0 Å². The molecule has 2 aromatic heterocycles. The van der Waals surface area contributed by atoms with E-state index in [0.717, 1.165) is 42.5 Å². The predicted molar refractivity (Wildman–Crippen MR) is 81.8 cm³/mol. The molecule has 22 heavy (non-hydrogen) atoms. The number of amides is 1. The number of carbonyl (C=O) groups excluding carboxylic acids is 1. The van der Waals surface area contributed by atoms with E-state index in [2.05, 4.69) is 15.2 Å². The molecule has 0 spiro atoms. The number of ether oxygens (including phenoxy) is 1. The first-order chi connectivity index (χ1) is 10.7. The SMILES string of the molecule is COc1ncccc1CN(C)C(=O)c1n[nH]c2c1CCCC2. The van der Waals surface area contributed by atoms with Gasteiger partial charge in [-0.2, -0.15) is 5.10 Å². The summed E-state index contributed by atoms with van der Waals surface area (Å²) in [6, 6.07) is 3.75. The van der Waals surface area contributed by atoms with Gasteiger partial charge in [0.25, 0.3) is 5.91 Å². The third-order valence-corrected chi connectivity index (χ3v) is 4.06. The van der Waals surface area contributed by atoms with Crippen LogP contribution in [0.3, 0.4) is 0 Å². The second-order valence-electron chi connectivity index (χ2n) is 5.57. The molecule has 3 rings (SSSR count). The Hall–Kier alpha value is -2.37. The molecule has 116 valence electrons. The van der Waals surface area contributed by atoms with Crippen molar-refractivity contribution in [2.24, 2.45) is 0 Å². The predicted octanol–water partition coefficient (Wildman–Crippen LogP) is 1.96. The Morgan fingerprint density at radius 2 is 2.23 bits per heavy atom. The molecule has 0 unspecified atom stereocenters. The number of hydrogen-bond donors (Lipinski definition) is 1. The van der Waals surface area contributed by atoms with Crippen molar-refractivity contribution in [1.82, 2.24) is 20.1 Å². The fourth-order valence-electron chi connectivity index (χ4n) is 2.89. The standard InChI is InChI=1S/C16H20N4O2/c1-20(10-11-6-5-9-17-15(11)22-2)16(21)14-12-7-3-4-8-13(12)18-19-14/h5-6,9H,3-4,7-8,10H2,1-2H3,(H,18,19). The average molecular weight is 300 g/mol. The summed E-state index contributed by atoms with van der Waals surface area (Å²) in [6.45, 7) is 0.442. The van der Waals surface area contributed by atoms with Crippen molar-refractivity contribution in [3.63, 3.8) is 0 Å². The molecule has 1 aliphatic carbocycles. The van der Waals surface area contributed by atoms with Crippen LogP contribution < -0.4 is 4.74 Å². The van der Waals surface area contributed by atoms with Gasteiger partial charge in [0.1, 0.15) is 0 Å². The van der Waals surface area contributed by atoms with Crippen LogP contribution in [0.15, 0.2) is 18.3 Å². The van der Waals surface area contributed by atoms with Crippen LogP contribution in [0, 0.1) is 0 Å². The van der Waals surface area contributed by atoms with E-state index in [4.69, 9.17) is 4.74 Å². The van der Waals surface area contributed by atoms with E-state index in [1.54, 1.807) is 25.3 Å². The molecule has 0 saturated heterocycles. The lowest BCUT2D eigenvalue weighted by Crippen LogP contribution is -2.28. The molecule has 1 amide bonds. The normalized spacial score (nSPS) is 13.5. The molecule has 1 aliphatic rings. The Balaban J connectivity index is 1.79. The molecule has 1 N–H and O–H groups in total. The third kappa shape index (κ3) is 2.68. The summed E-state index contributed by atoms with van der Waals surface area (Å²) < 4.78 is 5.24. The van der Waals surface area contributed by atoms with Gasteiger partial charge in [0.2, 0.25) is 5.88 Å². The molecule has 0 atom stereocenters. The second kappa shape index (κ2) is 6.17. The highest BCUT2D eigenvalue weighted by atomic mass is 16.5. The van der Waals surface area contributed by atoms with Crippen LogP contribution in [-0.2, 0) is 19.4 Å². The smallest absolute Gasteiger partial charge is 0.274 e. The van der Waals surface area contributed by atoms with Gasteiger partial charge in [-0.3, -0.25) is 9.89 Å². The lowest BCUT2D eigenvalue weighted by atomic mass is 9.95. The van der Waals surface area contributed by atoms with E-state index in [0.29, 0.717) is 18.1 Å². The van der Waals surface area contributed by atoms with Crippen molar-refractivity contribution in [1.29, 1.82) is 0 Å². The van der Waals surface area contributed by atoms with Gasteiger partial charge < -0.3 is 9.64 Å². The maximum Gasteiger partial charge on any atom is 0.274 e. The van der Waals surface area contributed by atoms with Crippen molar-refractivity contribution in [3.05, 3.63) is 40.8 Å². The number of nitrogens with zero attached hydrogens (tertiary/aromatic N) is 3. The molecule has 6 heteroatoms. The van der Waals surface area contributed by atoms with E-state index >= 15 is 0 Å². The van der Waals surface area contributed by atoms with Gasteiger partial charge in [-0.1, -0.05) is 6.07 Å². The maximum atomic E-state index is 12.7. The number of fused-ring (bicyclic) bond motifs is 1. The van der Waals surface area contributed by atoms with Gasteiger partial charge >= 0.3 is 0 Å². The molecular weight excluding hydrogens is 280 g/mol. The molecular formula is C16H20N4O2. The molecule has 0 aliphatic heterocycles. The first kappa shape index (κ1) is 14.6. The van der Waals surface area contributed by atoms with E-state index in [9.17, 15) is 4.79 Å². The number of hydrogen-bond acceptors (Lipinski definition) is 4. The van der Waals surface area contributed by atoms with Crippen molar-refractivity contribution in [2.75, 3.05) is 14.2 Å². The molecule has 2 heterocycles. The number of aromatic nitrogens is 3. The number of aryl methyl sites for hydroxylation is 1. The van der Waals surface area contributed by atoms with Crippen LogP contribution in [0.4, 0.5) is 0 Å². The molecule has 0 bridgehead atoms. The highest BCUT2D eigenvalue weighted by molar-refractivity contribution is 5.93. The Kier molecular flexibility index (Phi) is 4.09. The summed E-state index contributed by atoms with van der Waals surface area (Å²) in [7, 11) is 3.36. The largest absolute Gasteiger partial charge is 0.481 e. The lowest BCUT2D eigenvalue weighted by Gasteiger charge is -2.18. The number of methoxy groups -OCH3 is 1. The third-order valence-electron chi connectivity index (χ3n) is 4.06. The molecule has 0 aromatic carbocycles. The van der Waals surface area contributed by atoms with Crippen molar-refractivity contribution in [3.8, 4) is 5.88 Å². The van der Waals surface area contributed by atoms with Gasteiger partial charge in [-0.25, -0.2) is 4.98 Å². The summed E-state index contributed by atoms with van der Waals surface area (Å²) >= 11 is 0. The maximum absolute atomic E-state index is 12.7. The van der Waals surface area contributed by atoms with Gasteiger partial charge in [0.05, 0.1) is 13.7 Å². The minimum atomic E-state index is -0.0645. The molecule has 0 radical (unpaired) electrons. The zero-order chi connectivity index (χ0) is 15.5. The Morgan fingerprint density at radius 1 is 1.41 bits per heavy atom. The molecule has 0 saturated carbocycles. The fraction of sp³-hybridized carbons (Fsp3) is 0.438. The molecule has 2 aromatic rings. The number of pyridine rings is 1. The fourth-order valence-corrected chi connectivity index (χ4v) is 2.89. The quantitative estimate of drug-likeness (QED) is 0.937. The highest BCUT2D eigenvalue weighted by Crippen LogP contribution is 2.24. The Bertz CT molecular complexity index is 681. The minimum Gasteiger partial charge on any atom is -0.481 e. The molecule has 0 fully saturated rings. The van der Waals surface area contributed by atoms with Gasteiger partial charge in [0.15, 0.2) is 5.69 Å². The summed E-state index contributed by atoms with van der Waals surface area (Å²) in [6.07, 6.45) is 5.86. The van der Waals surface area contributed by atoms with Gasteiger partial charge in [0, 0.05) is 30.1 Å². The highest BCUT2D eigenvalue weighted by Gasteiger charge is 2.24. The number of aromatic amines is 1. The van der Waals surface area contributed by atoms with Crippen LogP contribution >= 0.6 is 0 Å². The van der Waals surface area contributed by atoms with Crippen LogP contribution in [0.2, 0.25) is 0 Å². The minimum absolute atomic E-state index is 0.0645. The zero-order valence-corrected chi connectivity index (χ0v) is 12.9. The van der Waals surface area contributed by atoms with Crippen LogP contribution in [0.5, 0.6) is 5.88 Å². The second-order valence-corrected chi connectivity index (χ2v) is 5.57. The van der Waals surface area contributed by atoms with Crippen molar-refractivity contribution >= 4 is 5.91 Å². The first-order valence-corrected chi connectivity index (χ1v) is 7.50. The van der Waals surface area contributed by atoms with Crippen LogP contribution in [0.25, 0.3) is 0 Å². The van der Waals surface area contributed by atoms with E-state index in [-0.39, 0.29) is 5.91 Å². The Morgan fingerprint density at radius 3 is 3.05 bits per heavy atom. The van der Waals surface area contributed by atoms with Crippen molar-refractivity contribution in [2.45, 2.75) is 32.2 Å². The van der Waals surface area contributed by atoms with Crippen LogP contribution in [0.1, 0.15) is 40.2 Å². The summed E-state index contributed by atoms with van der Waals surface area (Å²) in [5, 5.41) is 7.25. The van der Waals surface area contributed by atoms with Gasteiger partial charge in [-0.05, 0) is 31.7 Å². The van der Waals surface area contributed by atoms with Crippen LogP contribution in [-0.4, -0.2) is 40.1 Å². The zero-order valence-electron chi connectivity index (χ0n) is 12.9. The van der Waals surface area contributed by atoms with Gasteiger partial charge in [-0.15, -0.1) is 0 Å². The number of nitrogens with one attached hydrogen (secondary N) is 1. The number of rotatable bonds is 4. The first-order valence-electron chi connectivity index (χ1n) is 7.50. The van der Waals surface area contributed by atoms with E-state index < -0.39 is 0 Å². The van der Waals surface area contributed by atoms with Crippen molar-refractivity contribution < 1.29 is 9.53 Å². The number of carbonyl (C=O) groups is 1. The number of H-pyrrole nitrogens is 1. The average Bonchev–Trinajstić information content (AvgIpc) is 2.98. The summed E-state index contributed by atoms with van der Waals surface area (Å²) in [5.41, 5.74) is 3.63. The lowest BCUT2D eigenvalue weighted by molar-refractivity contribution is 0.0777. The Labute approximate surface area is 129 Å². The van der Waals surface area contributed by atoms with E-state index in [1.807, 2.05) is 12.1 Å². The monoisotopic (exact) mass is 300 g/mol.